The van der Waals surface area contributed by atoms with Crippen LogP contribution in [0.25, 0.3) is 0 Å². The summed E-state index contributed by atoms with van der Waals surface area (Å²) in [5.41, 5.74) is 0.0835. The van der Waals surface area contributed by atoms with Crippen molar-refractivity contribution in [1.82, 2.24) is 0 Å². The van der Waals surface area contributed by atoms with Gasteiger partial charge in [0.2, 0.25) is 0 Å². The molecule has 1 aromatic rings. The lowest BCUT2D eigenvalue weighted by Gasteiger charge is -2.16. The van der Waals surface area contributed by atoms with Crippen molar-refractivity contribution in [3.8, 4) is 5.75 Å². The van der Waals surface area contributed by atoms with Gasteiger partial charge in [-0.05, 0) is 26.0 Å². The summed E-state index contributed by atoms with van der Waals surface area (Å²) < 4.78 is 59.5. The molecule has 0 fully saturated rings. The van der Waals surface area contributed by atoms with Gasteiger partial charge in [-0.1, -0.05) is 0 Å². The number of benzene rings is 1. The van der Waals surface area contributed by atoms with Crippen LogP contribution < -0.4 is 10.1 Å². The van der Waals surface area contributed by atoms with Gasteiger partial charge in [-0.15, -0.1) is 0 Å². The highest BCUT2D eigenvalue weighted by Crippen LogP contribution is 2.27. The molecule has 0 aliphatic heterocycles. The molecule has 1 amide bonds. The molecule has 1 atom stereocenters. The summed E-state index contributed by atoms with van der Waals surface area (Å²) in [5, 5.41) is 2.43. The Labute approximate surface area is 125 Å². The van der Waals surface area contributed by atoms with Crippen molar-refractivity contribution >= 4 is 11.6 Å². The zero-order valence-electron chi connectivity index (χ0n) is 12.2. The number of halogens is 4. The highest BCUT2D eigenvalue weighted by Gasteiger charge is 2.27. The van der Waals surface area contributed by atoms with Crippen LogP contribution in [0.2, 0.25) is 0 Å². The highest BCUT2D eigenvalue weighted by molar-refractivity contribution is 5.95. The fourth-order valence-electron chi connectivity index (χ4n) is 1.56. The van der Waals surface area contributed by atoms with Crippen LogP contribution >= 0.6 is 0 Å². The average molecular weight is 323 g/mol. The number of ether oxygens (including phenoxy) is 2. The van der Waals surface area contributed by atoms with Crippen LogP contribution in [0, 0.1) is 5.82 Å². The number of amides is 1. The maximum absolute atomic E-state index is 13.2. The van der Waals surface area contributed by atoms with Crippen LogP contribution in [0.1, 0.15) is 20.3 Å². The summed E-state index contributed by atoms with van der Waals surface area (Å²) in [4.78, 5) is 11.8. The molecule has 0 spiro atoms. The van der Waals surface area contributed by atoms with Crippen LogP contribution in [0.3, 0.4) is 0 Å². The van der Waals surface area contributed by atoms with E-state index in [4.69, 9.17) is 9.47 Å². The quantitative estimate of drug-likeness (QED) is 0.781. The van der Waals surface area contributed by atoms with E-state index in [0.717, 1.165) is 12.1 Å². The van der Waals surface area contributed by atoms with Gasteiger partial charge < -0.3 is 14.8 Å². The lowest BCUT2D eigenvalue weighted by atomic mass is 10.2. The molecule has 8 heteroatoms. The lowest BCUT2D eigenvalue weighted by molar-refractivity contribution is -0.139. The number of rotatable bonds is 7. The summed E-state index contributed by atoms with van der Waals surface area (Å²) in [7, 11) is 0. The normalized spacial score (nSPS) is 12.8. The Morgan fingerprint density at radius 1 is 1.36 bits per heavy atom. The van der Waals surface area contributed by atoms with Gasteiger partial charge in [0.1, 0.15) is 17.7 Å². The molecule has 0 saturated heterocycles. The molecule has 0 aromatic heterocycles. The number of anilines is 1. The molecular formula is C14H17F4NO3. The van der Waals surface area contributed by atoms with Gasteiger partial charge in [0.05, 0.1) is 18.7 Å². The Morgan fingerprint density at radius 2 is 2.05 bits per heavy atom. The monoisotopic (exact) mass is 323 g/mol. The molecule has 1 rings (SSSR count). The van der Waals surface area contributed by atoms with Crippen molar-refractivity contribution in [3.63, 3.8) is 0 Å². The first-order valence-corrected chi connectivity index (χ1v) is 6.64. The fraction of sp³-hybridized carbons (Fsp3) is 0.500. The molecular weight excluding hydrogens is 306 g/mol. The molecule has 4 nitrogen and oxygen atoms in total. The molecule has 1 N–H and O–H groups in total. The Morgan fingerprint density at radius 3 is 2.64 bits per heavy atom. The van der Waals surface area contributed by atoms with Gasteiger partial charge in [-0.3, -0.25) is 4.79 Å². The van der Waals surface area contributed by atoms with Gasteiger partial charge in [0, 0.05) is 12.7 Å². The van der Waals surface area contributed by atoms with Crippen molar-refractivity contribution in [1.29, 1.82) is 0 Å². The molecule has 124 valence electrons. The Bertz CT molecular complexity index is 505. The van der Waals surface area contributed by atoms with Gasteiger partial charge in [-0.25, -0.2) is 4.39 Å². The SMILES string of the molecule is CCOC(C)C(=O)Nc1ccc(F)cc1OCCC(F)(F)F. The molecule has 0 bridgehead atoms. The van der Waals surface area contributed by atoms with E-state index in [0.29, 0.717) is 6.61 Å². The van der Waals surface area contributed by atoms with E-state index in [1.165, 1.54) is 13.0 Å². The number of carbonyl (C=O) groups excluding carboxylic acids is 1. The largest absolute Gasteiger partial charge is 0.491 e. The molecule has 0 heterocycles. The lowest BCUT2D eigenvalue weighted by Crippen LogP contribution is -2.28. The standard InChI is InChI=1S/C14H17F4NO3/c1-3-21-9(2)13(20)19-11-5-4-10(15)8-12(11)22-7-6-14(16,17)18/h4-5,8-9H,3,6-7H2,1-2H3,(H,19,20). The number of hydrogen-bond donors (Lipinski definition) is 1. The smallest absolute Gasteiger partial charge is 0.392 e. The number of carbonyl (C=O) groups is 1. The maximum Gasteiger partial charge on any atom is 0.392 e. The predicted octanol–water partition coefficient (Wildman–Crippen LogP) is 3.52. The summed E-state index contributed by atoms with van der Waals surface area (Å²) in [6.45, 7) is 2.89. The van der Waals surface area contributed by atoms with Crippen molar-refractivity contribution in [2.75, 3.05) is 18.5 Å². The first kappa shape index (κ1) is 18.2. The number of alkyl halides is 3. The Kier molecular flexibility index (Phi) is 6.61. The van der Waals surface area contributed by atoms with E-state index in [1.54, 1.807) is 6.92 Å². The number of nitrogens with one attached hydrogen (secondary N) is 1. The van der Waals surface area contributed by atoms with Crippen LogP contribution in [0.4, 0.5) is 23.2 Å². The first-order chi connectivity index (χ1) is 10.2. The minimum Gasteiger partial charge on any atom is -0.491 e. The van der Waals surface area contributed by atoms with E-state index in [1.807, 2.05) is 0 Å². The second-order valence-corrected chi connectivity index (χ2v) is 4.44. The third kappa shape index (κ3) is 6.30. The minimum atomic E-state index is -4.37. The van der Waals surface area contributed by atoms with E-state index in [-0.39, 0.29) is 11.4 Å². The van der Waals surface area contributed by atoms with Crippen molar-refractivity contribution < 1.29 is 31.8 Å². The predicted molar refractivity (Wildman–Crippen MR) is 72.3 cm³/mol. The van der Waals surface area contributed by atoms with E-state index < -0.39 is 37.0 Å². The zero-order valence-corrected chi connectivity index (χ0v) is 12.2. The fourth-order valence-corrected chi connectivity index (χ4v) is 1.56. The Balaban J connectivity index is 2.75. The first-order valence-electron chi connectivity index (χ1n) is 6.64. The van der Waals surface area contributed by atoms with Gasteiger partial charge in [-0.2, -0.15) is 13.2 Å². The third-order valence-electron chi connectivity index (χ3n) is 2.63. The second kappa shape index (κ2) is 7.98. The molecule has 0 aliphatic carbocycles. The second-order valence-electron chi connectivity index (χ2n) is 4.44. The molecule has 0 aliphatic rings. The summed E-state index contributed by atoms with van der Waals surface area (Å²) in [6, 6.07) is 3.20. The van der Waals surface area contributed by atoms with Crippen LogP contribution in [0.5, 0.6) is 5.75 Å². The van der Waals surface area contributed by atoms with E-state index in [9.17, 15) is 22.4 Å². The van der Waals surface area contributed by atoms with E-state index >= 15 is 0 Å². The third-order valence-corrected chi connectivity index (χ3v) is 2.63. The van der Waals surface area contributed by atoms with Gasteiger partial charge in [0.15, 0.2) is 0 Å². The zero-order chi connectivity index (χ0) is 16.8. The summed E-state index contributed by atoms with van der Waals surface area (Å²) in [6.07, 6.45) is -6.30. The van der Waals surface area contributed by atoms with Crippen LogP contribution in [0.15, 0.2) is 18.2 Å². The molecule has 1 unspecified atom stereocenters. The maximum atomic E-state index is 13.2. The average Bonchev–Trinajstić information content (AvgIpc) is 2.40. The summed E-state index contributed by atoms with van der Waals surface area (Å²) in [5.74, 6) is -1.35. The molecule has 1 aromatic carbocycles. The minimum absolute atomic E-state index is 0.0835. The molecule has 0 saturated carbocycles. The summed E-state index contributed by atoms with van der Waals surface area (Å²) >= 11 is 0. The van der Waals surface area contributed by atoms with Crippen molar-refractivity contribution in [3.05, 3.63) is 24.0 Å². The number of hydrogen-bond acceptors (Lipinski definition) is 3. The highest BCUT2D eigenvalue weighted by atomic mass is 19.4. The van der Waals surface area contributed by atoms with Crippen LogP contribution in [-0.4, -0.2) is 31.4 Å². The van der Waals surface area contributed by atoms with Gasteiger partial charge >= 0.3 is 6.18 Å². The topological polar surface area (TPSA) is 47.6 Å². The van der Waals surface area contributed by atoms with E-state index in [2.05, 4.69) is 5.32 Å². The molecule has 0 radical (unpaired) electrons. The molecule has 22 heavy (non-hydrogen) atoms. The van der Waals surface area contributed by atoms with Crippen molar-refractivity contribution in [2.45, 2.75) is 32.5 Å². The van der Waals surface area contributed by atoms with Gasteiger partial charge in [0.25, 0.3) is 5.91 Å². The van der Waals surface area contributed by atoms with Crippen LogP contribution in [-0.2, 0) is 9.53 Å². The Hall–Kier alpha value is -1.83. The van der Waals surface area contributed by atoms with Crippen molar-refractivity contribution in [2.24, 2.45) is 0 Å².